The second-order valence-corrected chi connectivity index (χ2v) is 7.91. The molecule has 2 amide bonds. The predicted molar refractivity (Wildman–Crippen MR) is 109 cm³/mol. The summed E-state index contributed by atoms with van der Waals surface area (Å²) >= 11 is 7.67. The minimum Gasteiger partial charge on any atom is -0.470 e. The fourth-order valence-electron chi connectivity index (χ4n) is 3.56. The summed E-state index contributed by atoms with van der Waals surface area (Å²) in [7, 11) is 0. The molecule has 0 fully saturated rings. The molecular formula is C21H12ClFN2O3S. The van der Waals surface area contributed by atoms with Crippen LogP contribution in [0.4, 0.5) is 10.1 Å². The Hall–Kier alpha value is -3.16. The van der Waals surface area contributed by atoms with Crippen molar-refractivity contribution in [2.75, 3.05) is 5.32 Å². The molecule has 2 N–H and O–H groups in total. The fraction of sp³-hybridized carbons (Fsp3) is 0.0476. The van der Waals surface area contributed by atoms with Crippen molar-refractivity contribution >= 4 is 50.5 Å². The number of carbonyl (C=O) groups excluding carboxylic acids is 2. The van der Waals surface area contributed by atoms with Gasteiger partial charge in [0.1, 0.15) is 12.1 Å². The molecule has 144 valence electrons. The highest BCUT2D eigenvalue weighted by atomic mass is 35.5. The van der Waals surface area contributed by atoms with Crippen molar-refractivity contribution in [3.63, 3.8) is 0 Å². The van der Waals surface area contributed by atoms with Gasteiger partial charge in [0.15, 0.2) is 0 Å². The van der Waals surface area contributed by atoms with E-state index in [0.717, 1.165) is 10.1 Å². The maximum Gasteiger partial charge on any atom is 0.257 e. The number of furan rings is 1. The van der Waals surface area contributed by atoms with Gasteiger partial charge < -0.3 is 15.1 Å². The smallest absolute Gasteiger partial charge is 0.257 e. The largest absolute Gasteiger partial charge is 0.470 e. The van der Waals surface area contributed by atoms with E-state index in [9.17, 15) is 14.0 Å². The molecule has 4 aromatic rings. The van der Waals surface area contributed by atoms with Crippen LogP contribution >= 0.6 is 22.9 Å². The maximum absolute atomic E-state index is 13.8. The maximum atomic E-state index is 13.8. The van der Waals surface area contributed by atoms with Gasteiger partial charge in [0.2, 0.25) is 0 Å². The fourth-order valence-corrected chi connectivity index (χ4v) is 4.66. The molecule has 0 saturated heterocycles. The quantitative estimate of drug-likeness (QED) is 0.462. The highest BCUT2D eigenvalue weighted by Crippen LogP contribution is 2.39. The van der Waals surface area contributed by atoms with Gasteiger partial charge in [-0.25, -0.2) is 4.39 Å². The lowest BCUT2D eigenvalue weighted by Gasteiger charge is -2.17. The highest BCUT2D eigenvalue weighted by molar-refractivity contribution is 7.17. The third-order valence-corrected chi connectivity index (χ3v) is 6.16. The van der Waals surface area contributed by atoms with Crippen LogP contribution in [-0.4, -0.2) is 11.8 Å². The molecule has 1 atom stereocenters. The summed E-state index contributed by atoms with van der Waals surface area (Å²) in [5.74, 6) is -1.10. The molecule has 0 bridgehead atoms. The summed E-state index contributed by atoms with van der Waals surface area (Å²) in [6.07, 6.45) is 3.11. The van der Waals surface area contributed by atoms with Crippen LogP contribution in [0.2, 0.25) is 5.02 Å². The van der Waals surface area contributed by atoms with E-state index in [2.05, 4.69) is 10.6 Å². The van der Waals surface area contributed by atoms with E-state index < -0.39 is 11.9 Å². The van der Waals surface area contributed by atoms with Gasteiger partial charge in [0, 0.05) is 38.2 Å². The van der Waals surface area contributed by atoms with Crippen molar-refractivity contribution in [3.8, 4) is 0 Å². The van der Waals surface area contributed by atoms with E-state index in [1.807, 2.05) is 0 Å². The van der Waals surface area contributed by atoms with Crippen molar-refractivity contribution < 1.29 is 18.4 Å². The number of thiophene rings is 1. The molecule has 1 unspecified atom stereocenters. The second kappa shape index (κ2) is 6.72. The minimum atomic E-state index is -0.673. The Bertz CT molecular complexity index is 1300. The molecule has 1 aliphatic heterocycles. The van der Waals surface area contributed by atoms with Crippen LogP contribution in [0.3, 0.4) is 0 Å². The Morgan fingerprint density at radius 1 is 1.24 bits per heavy atom. The summed E-state index contributed by atoms with van der Waals surface area (Å²) in [5, 5.41) is 8.50. The average molecular weight is 427 g/mol. The van der Waals surface area contributed by atoms with Gasteiger partial charge in [-0.3, -0.25) is 9.59 Å². The molecule has 8 heteroatoms. The van der Waals surface area contributed by atoms with Crippen molar-refractivity contribution in [3.05, 3.63) is 87.4 Å². The van der Waals surface area contributed by atoms with E-state index in [0.29, 0.717) is 33.0 Å². The monoisotopic (exact) mass is 426 g/mol. The lowest BCUT2D eigenvalue weighted by molar-refractivity contribution is 0.0959. The number of nitrogens with one attached hydrogen (secondary N) is 2. The van der Waals surface area contributed by atoms with Crippen LogP contribution in [0, 0.1) is 5.82 Å². The van der Waals surface area contributed by atoms with Gasteiger partial charge in [0.25, 0.3) is 11.8 Å². The van der Waals surface area contributed by atoms with Gasteiger partial charge in [-0.1, -0.05) is 17.7 Å². The Labute approximate surface area is 173 Å². The lowest BCUT2D eigenvalue weighted by Crippen LogP contribution is -2.21. The van der Waals surface area contributed by atoms with Crippen LogP contribution in [-0.2, 0) is 0 Å². The lowest BCUT2D eigenvalue weighted by atomic mass is 9.96. The Kier molecular flexibility index (Phi) is 4.15. The Morgan fingerprint density at radius 2 is 2.10 bits per heavy atom. The second-order valence-electron chi connectivity index (χ2n) is 6.59. The number of carbonyl (C=O) groups is 2. The molecule has 0 spiro atoms. The summed E-state index contributed by atoms with van der Waals surface area (Å²) in [4.78, 5) is 25.4. The molecule has 0 saturated carbocycles. The zero-order valence-electron chi connectivity index (χ0n) is 14.7. The van der Waals surface area contributed by atoms with Gasteiger partial charge in [-0.05, 0) is 30.3 Å². The van der Waals surface area contributed by atoms with Gasteiger partial charge in [-0.15, -0.1) is 11.3 Å². The molecule has 0 radical (unpaired) electrons. The van der Waals surface area contributed by atoms with Gasteiger partial charge >= 0.3 is 0 Å². The standard InChI is InChI=1S/C21H12ClFN2O3S/c22-15-5-4-10(23)6-12(15)19-18-11(20(26)25-19)2-1-3-16(18)24-21(27)14-9-29-17-8-28-7-13(14)17/h1-9,19H,(H,24,27)(H,25,26). The molecule has 29 heavy (non-hydrogen) atoms. The number of benzene rings is 2. The molecule has 3 heterocycles. The first kappa shape index (κ1) is 17.9. The molecule has 5 nitrogen and oxygen atoms in total. The molecule has 5 rings (SSSR count). The number of hydrogen-bond acceptors (Lipinski definition) is 4. The van der Waals surface area contributed by atoms with Crippen LogP contribution in [0.5, 0.6) is 0 Å². The first-order chi connectivity index (χ1) is 14.0. The number of fused-ring (bicyclic) bond motifs is 2. The van der Waals surface area contributed by atoms with E-state index in [4.69, 9.17) is 16.0 Å². The molecule has 0 aliphatic carbocycles. The topological polar surface area (TPSA) is 71.3 Å². The van der Waals surface area contributed by atoms with Gasteiger partial charge in [-0.2, -0.15) is 0 Å². The normalized spacial score (nSPS) is 15.4. The van der Waals surface area contributed by atoms with E-state index in [1.54, 1.807) is 29.8 Å². The molecular weight excluding hydrogens is 415 g/mol. The van der Waals surface area contributed by atoms with Crippen LogP contribution in [0.25, 0.3) is 10.1 Å². The van der Waals surface area contributed by atoms with Crippen molar-refractivity contribution in [2.24, 2.45) is 0 Å². The first-order valence-electron chi connectivity index (χ1n) is 8.66. The summed E-state index contributed by atoms with van der Waals surface area (Å²) in [6, 6.07) is 8.36. The number of hydrogen-bond donors (Lipinski definition) is 2. The SMILES string of the molecule is O=C1NC(c2cc(F)ccc2Cl)c2c(NC(=O)c3csc4cocc34)cccc21. The Balaban J connectivity index is 1.58. The van der Waals surface area contributed by atoms with Crippen molar-refractivity contribution in [2.45, 2.75) is 6.04 Å². The van der Waals surface area contributed by atoms with E-state index in [1.165, 1.54) is 35.8 Å². The molecule has 2 aromatic heterocycles. The molecule has 1 aliphatic rings. The number of amides is 2. The third-order valence-electron chi connectivity index (χ3n) is 4.90. The average Bonchev–Trinajstić information content (AvgIpc) is 3.39. The predicted octanol–water partition coefficient (Wildman–Crippen LogP) is 5.37. The number of halogens is 2. The zero-order chi connectivity index (χ0) is 20.1. The van der Waals surface area contributed by atoms with Crippen LogP contribution < -0.4 is 10.6 Å². The molecule has 2 aromatic carbocycles. The first-order valence-corrected chi connectivity index (χ1v) is 9.92. The van der Waals surface area contributed by atoms with Crippen molar-refractivity contribution in [1.29, 1.82) is 0 Å². The van der Waals surface area contributed by atoms with Gasteiger partial charge in [0.05, 0.1) is 22.6 Å². The minimum absolute atomic E-state index is 0.311. The summed E-state index contributed by atoms with van der Waals surface area (Å²) in [6.45, 7) is 0. The number of anilines is 1. The number of rotatable bonds is 3. The highest BCUT2D eigenvalue weighted by Gasteiger charge is 2.34. The van der Waals surface area contributed by atoms with Crippen LogP contribution in [0.15, 0.2) is 58.7 Å². The third kappa shape index (κ3) is 2.90. The summed E-state index contributed by atoms with van der Waals surface area (Å²) in [5.41, 5.74) is 2.32. The Morgan fingerprint density at radius 3 is 2.97 bits per heavy atom. The zero-order valence-corrected chi connectivity index (χ0v) is 16.2. The van der Waals surface area contributed by atoms with E-state index >= 15 is 0 Å². The van der Waals surface area contributed by atoms with E-state index in [-0.39, 0.29) is 11.8 Å². The van der Waals surface area contributed by atoms with Crippen molar-refractivity contribution in [1.82, 2.24) is 5.32 Å². The van der Waals surface area contributed by atoms with Crippen LogP contribution in [0.1, 0.15) is 37.9 Å². The summed E-state index contributed by atoms with van der Waals surface area (Å²) < 4.78 is 19.9.